The van der Waals surface area contributed by atoms with Crippen molar-refractivity contribution in [3.8, 4) is 0 Å². The van der Waals surface area contributed by atoms with Crippen LogP contribution >= 0.6 is 0 Å². The number of hydrogen-bond donors (Lipinski definition) is 1. The van der Waals surface area contributed by atoms with Gasteiger partial charge in [-0.2, -0.15) is 0 Å². The molecule has 21 heavy (non-hydrogen) atoms. The fourth-order valence-corrected chi connectivity index (χ4v) is 3.76. The SMILES string of the molecule is CN1C(=O)CCc2cc(C(O)CC3CCCCC3)ccc21. The molecule has 0 bridgehead atoms. The second-order valence-corrected chi connectivity index (χ2v) is 6.60. The fraction of sp³-hybridized carbons (Fsp3) is 0.611. The number of nitrogens with zero attached hydrogens (tertiary/aromatic N) is 1. The van der Waals surface area contributed by atoms with Crippen molar-refractivity contribution in [2.75, 3.05) is 11.9 Å². The lowest BCUT2D eigenvalue weighted by molar-refractivity contribution is -0.118. The van der Waals surface area contributed by atoms with Gasteiger partial charge in [0.05, 0.1) is 6.10 Å². The molecule has 3 nitrogen and oxygen atoms in total. The highest BCUT2D eigenvalue weighted by Gasteiger charge is 2.23. The predicted octanol–water partition coefficient (Wildman–Crippen LogP) is 3.60. The number of amides is 1. The second kappa shape index (κ2) is 6.18. The van der Waals surface area contributed by atoms with E-state index in [-0.39, 0.29) is 12.0 Å². The van der Waals surface area contributed by atoms with Crippen molar-refractivity contribution < 1.29 is 9.90 Å². The smallest absolute Gasteiger partial charge is 0.227 e. The number of carbonyl (C=O) groups excluding carboxylic acids is 1. The summed E-state index contributed by atoms with van der Waals surface area (Å²) in [6.07, 6.45) is 8.40. The van der Waals surface area contributed by atoms with Crippen LogP contribution in [0.25, 0.3) is 0 Å². The van der Waals surface area contributed by atoms with E-state index in [0.29, 0.717) is 12.3 Å². The van der Waals surface area contributed by atoms with Crippen LogP contribution in [-0.4, -0.2) is 18.1 Å². The summed E-state index contributed by atoms with van der Waals surface area (Å²) in [5, 5.41) is 10.5. The first-order valence-corrected chi connectivity index (χ1v) is 8.22. The highest BCUT2D eigenvalue weighted by atomic mass is 16.3. The Morgan fingerprint density at radius 2 is 2.00 bits per heavy atom. The van der Waals surface area contributed by atoms with Crippen LogP contribution in [0.3, 0.4) is 0 Å². The van der Waals surface area contributed by atoms with Crippen molar-refractivity contribution >= 4 is 11.6 Å². The van der Waals surface area contributed by atoms with E-state index >= 15 is 0 Å². The fourth-order valence-electron chi connectivity index (χ4n) is 3.76. The number of fused-ring (bicyclic) bond motifs is 1. The van der Waals surface area contributed by atoms with E-state index in [4.69, 9.17) is 0 Å². The lowest BCUT2D eigenvalue weighted by Crippen LogP contribution is -2.31. The number of benzene rings is 1. The maximum Gasteiger partial charge on any atom is 0.227 e. The van der Waals surface area contributed by atoms with Crippen LogP contribution in [0.15, 0.2) is 18.2 Å². The van der Waals surface area contributed by atoms with Gasteiger partial charge in [0.25, 0.3) is 0 Å². The minimum Gasteiger partial charge on any atom is -0.388 e. The van der Waals surface area contributed by atoms with E-state index in [2.05, 4.69) is 6.07 Å². The molecule has 0 spiro atoms. The molecular formula is C18H25NO2. The topological polar surface area (TPSA) is 40.5 Å². The van der Waals surface area contributed by atoms with Gasteiger partial charge in [-0.05, 0) is 36.0 Å². The van der Waals surface area contributed by atoms with Gasteiger partial charge in [0, 0.05) is 19.2 Å². The Labute approximate surface area is 127 Å². The van der Waals surface area contributed by atoms with Gasteiger partial charge < -0.3 is 10.0 Å². The van der Waals surface area contributed by atoms with Crippen molar-refractivity contribution in [1.82, 2.24) is 0 Å². The first kappa shape index (κ1) is 14.6. The average Bonchev–Trinajstić information content (AvgIpc) is 2.51. The maximum absolute atomic E-state index is 11.7. The van der Waals surface area contributed by atoms with E-state index in [0.717, 1.165) is 24.1 Å². The van der Waals surface area contributed by atoms with E-state index in [1.165, 1.54) is 37.7 Å². The van der Waals surface area contributed by atoms with Gasteiger partial charge >= 0.3 is 0 Å². The Hall–Kier alpha value is -1.35. The summed E-state index contributed by atoms with van der Waals surface area (Å²) in [5.41, 5.74) is 3.21. The van der Waals surface area contributed by atoms with E-state index in [1.54, 1.807) is 4.90 Å². The number of aliphatic hydroxyl groups excluding tert-OH is 1. The third-order valence-electron chi connectivity index (χ3n) is 5.11. The van der Waals surface area contributed by atoms with Crippen LogP contribution in [0.1, 0.15) is 62.2 Å². The quantitative estimate of drug-likeness (QED) is 0.922. The zero-order valence-electron chi connectivity index (χ0n) is 12.8. The lowest BCUT2D eigenvalue weighted by Gasteiger charge is -2.28. The maximum atomic E-state index is 11.7. The van der Waals surface area contributed by atoms with Gasteiger partial charge in [0.2, 0.25) is 5.91 Å². The van der Waals surface area contributed by atoms with Gasteiger partial charge in [-0.25, -0.2) is 0 Å². The molecule has 1 aromatic carbocycles. The standard InChI is InChI=1S/C18H25NO2/c1-19-16-9-7-15(12-14(16)8-10-18(19)21)17(20)11-13-5-3-2-4-6-13/h7,9,12-13,17,20H,2-6,8,10-11H2,1H3. The lowest BCUT2D eigenvalue weighted by atomic mass is 9.84. The van der Waals surface area contributed by atoms with Crippen molar-refractivity contribution in [3.05, 3.63) is 29.3 Å². The molecule has 1 atom stereocenters. The zero-order chi connectivity index (χ0) is 14.8. The highest BCUT2D eigenvalue weighted by Crippen LogP contribution is 2.34. The third-order valence-corrected chi connectivity index (χ3v) is 5.11. The number of anilines is 1. The molecule has 1 amide bonds. The van der Waals surface area contributed by atoms with Crippen LogP contribution in [-0.2, 0) is 11.2 Å². The Kier molecular flexibility index (Phi) is 4.29. The second-order valence-electron chi connectivity index (χ2n) is 6.60. The summed E-state index contributed by atoms with van der Waals surface area (Å²) in [7, 11) is 1.83. The predicted molar refractivity (Wildman–Crippen MR) is 84.3 cm³/mol. The molecule has 1 aliphatic carbocycles. The van der Waals surface area contributed by atoms with Gasteiger partial charge in [-0.15, -0.1) is 0 Å². The average molecular weight is 287 g/mol. The molecule has 1 unspecified atom stereocenters. The number of rotatable bonds is 3. The minimum absolute atomic E-state index is 0.179. The molecule has 0 saturated heterocycles. The van der Waals surface area contributed by atoms with Crippen molar-refractivity contribution in [3.63, 3.8) is 0 Å². The van der Waals surface area contributed by atoms with Gasteiger partial charge in [0.15, 0.2) is 0 Å². The number of aliphatic hydroxyl groups is 1. The molecule has 3 rings (SSSR count). The summed E-state index contributed by atoms with van der Waals surface area (Å²) in [6, 6.07) is 6.08. The first-order chi connectivity index (χ1) is 10.1. The number of aryl methyl sites for hydroxylation is 1. The molecule has 1 fully saturated rings. The molecule has 1 saturated carbocycles. The van der Waals surface area contributed by atoms with Crippen LogP contribution in [0.4, 0.5) is 5.69 Å². The van der Waals surface area contributed by atoms with Crippen molar-refractivity contribution in [2.45, 2.75) is 57.5 Å². The molecule has 0 radical (unpaired) electrons. The molecule has 114 valence electrons. The largest absolute Gasteiger partial charge is 0.388 e. The molecular weight excluding hydrogens is 262 g/mol. The molecule has 0 aromatic heterocycles. The summed E-state index contributed by atoms with van der Waals surface area (Å²) < 4.78 is 0. The van der Waals surface area contributed by atoms with E-state index in [9.17, 15) is 9.90 Å². The molecule has 1 aromatic rings. The van der Waals surface area contributed by atoms with Crippen LogP contribution < -0.4 is 4.90 Å². The Morgan fingerprint density at radius 3 is 2.76 bits per heavy atom. The summed E-state index contributed by atoms with van der Waals surface area (Å²) in [4.78, 5) is 13.4. The van der Waals surface area contributed by atoms with E-state index in [1.807, 2.05) is 19.2 Å². The van der Waals surface area contributed by atoms with Crippen molar-refractivity contribution in [1.29, 1.82) is 0 Å². The summed E-state index contributed by atoms with van der Waals surface area (Å²) in [6.45, 7) is 0. The van der Waals surface area contributed by atoms with Gasteiger partial charge in [0.1, 0.15) is 0 Å². The molecule has 3 heteroatoms. The molecule has 1 aliphatic heterocycles. The Morgan fingerprint density at radius 1 is 1.24 bits per heavy atom. The Balaban J connectivity index is 1.72. The number of carbonyl (C=O) groups is 1. The number of hydrogen-bond acceptors (Lipinski definition) is 2. The Bertz CT molecular complexity index is 520. The minimum atomic E-state index is -0.360. The van der Waals surface area contributed by atoms with Crippen LogP contribution in [0, 0.1) is 5.92 Å². The first-order valence-electron chi connectivity index (χ1n) is 8.22. The van der Waals surface area contributed by atoms with E-state index < -0.39 is 0 Å². The van der Waals surface area contributed by atoms with Crippen LogP contribution in [0.2, 0.25) is 0 Å². The zero-order valence-corrected chi connectivity index (χ0v) is 12.8. The molecule has 1 N–H and O–H groups in total. The van der Waals surface area contributed by atoms with Crippen molar-refractivity contribution in [2.24, 2.45) is 5.92 Å². The van der Waals surface area contributed by atoms with Crippen LogP contribution in [0.5, 0.6) is 0 Å². The third kappa shape index (κ3) is 3.13. The molecule has 1 heterocycles. The monoisotopic (exact) mass is 287 g/mol. The summed E-state index contributed by atoms with van der Waals surface area (Å²) in [5.74, 6) is 0.854. The molecule has 2 aliphatic rings. The normalized spacial score (nSPS) is 21.2. The van der Waals surface area contributed by atoms with Gasteiger partial charge in [-0.1, -0.05) is 44.2 Å². The summed E-state index contributed by atoms with van der Waals surface area (Å²) >= 11 is 0. The highest BCUT2D eigenvalue weighted by molar-refractivity contribution is 5.95. The van der Waals surface area contributed by atoms with Gasteiger partial charge in [-0.3, -0.25) is 4.79 Å².